The zero-order chi connectivity index (χ0) is 17.9. The van der Waals surface area contributed by atoms with Crippen molar-refractivity contribution in [2.24, 2.45) is 5.41 Å². The molecule has 0 saturated carbocycles. The predicted molar refractivity (Wildman–Crippen MR) is 101 cm³/mol. The van der Waals surface area contributed by atoms with Crippen molar-refractivity contribution in [3.63, 3.8) is 0 Å². The van der Waals surface area contributed by atoms with Crippen LogP contribution in [0.25, 0.3) is 0 Å². The molecule has 1 aromatic heterocycles. The molecule has 0 radical (unpaired) electrons. The average Bonchev–Trinajstić information content (AvgIpc) is 3.10. The van der Waals surface area contributed by atoms with E-state index in [0.29, 0.717) is 0 Å². The van der Waals surface area contributed by atoms with Gasteiger partial charge in [0.05, 0.1) is 17.1 Å². The van der Waals surface area contributed by atoms with Crippen molar-refractivity contribution in [2.45, 2.75) is 52.1 Å². The van der Waals surface area contributed by atoms with E-state index in [4.69, 9.17) is 4.98 Å². The number of carboxylic acid groups (broad SMARTS) is 1. The highest BCUT2D eigenvalue weighted by atomic mass is 32.1. The Morgan fingerprint density at radius 3 is 2.80 bits per heavy atom. The number of thiazole rings is 1. The minimum atomic E-state index is -0.713. The van der Waals surface area contributed by atoms with Crippen molar-refractivity contribution in [1.29, 1.82) is 0 Å². The van der Waals surface area contributed by atoms with Crippen molar-refractivity contribution in [2.75, 3.05) is 6.54 Å². The van der Waals surface area contributed by atoms with Crippen molar-refractivity contribution < 1.29 is 9.90 Å². The Bertz CT molecular complexity index is 711. The van der Waals surface area contributed by atoms with E-state index in [2.05, 4.69) is 48.4 Å². The highest BCUT2D eigenvalue weighted by Gasteiger charge is 2.38. The lowest BCUT2D eigenvalue weighted by atomic mass is 9.90. The number of aliphatic carboxylic acids is 1. The Morgan fingerprint density at radius 2 is 2.08 bits per heavy atom. The summed E-state index contributed by atoms with van der Waals surface area (Å²) in [5, 5.41) is 12.5. The quantitative estimate of drug-likeness (QED) is 0.813. The van der Waals surface area contributed by atoms with Crippen LogP contribution in [0, 0.1) is 5.41 Å². The molecule has 2 aromatic rings. The molecular formula is C20H26N2O2S. The third-order valence-corrected chi connectivity index (χ3v) is 5.74. The highest BCUT2D eigenvalue weighted by molar-refractivity contribution is 7.09. The fourth-order valence-electron chi connectivity index (χ4n) is 3.74. The zero-order valence-electron chi connectivity index (χ0n) is 14.9. The number of benzene rings is 1. The summed E-state index contributed by atoms with van der Waals surface area (Å²) in [7, 11) is 0. The molecule has 1 N–H and O–H groups in total. The van der Waals surface area contributed by atoms with Crippen molar-refractivity contribution in [3.05, 3.63) is 52.0 Å². The van der Waals surface area contributed by atoms with Gasteiger partial charge in [-0.05, 0) is 23.8 Å². The molecule has 2 heterocycles. The topological polar surface area (TPSA) is 53.4 Å². The summed E-state index contributed by atoms with van der Waals surface area (Å²) in [4.78, 5) is 18.2. The molecule has 1 unspecified atom stereocenters. The van der Waals surface area contributed by atoms with Gasteiger partial charge in [-0.15, -0.1) is 11.3 Å². The first-order valence-corrected chi connectivity index (χ1v) is 9.72. The van der Waals surface area contributed by atoms with Crippen LogP contribution in [-0.4, -0.2) is 33.5 Å². The molecule has 0 aliphatic carbocycles. The molecule has 1 atom stereocenters. The van der Waals surface area contributed by atoms with E-state index in [0.717, 1.165) is 43.1 Å². The second-order valence-electron chi connectivity index (χ2n) is 7.74. The molecular weight excluding hydrogens is 332 g/mol. The fraction of sp³-hybridized carbons (Fsp3) is 0.500. The van der Waals surface area contributed by atoms with E-state index in [9.17, 15) is 9.90 Å². The van der Waals surface area contributed by atoms with Crippen LogP contribution in [0.4, 0.5) is 0 Å². The number of carboxylic acids is 1. The summed E-state index contributed by atoms with van der Waals surface area (Å²) in [5.74, 6) is -0.713. The van der Waals surface area contributed by atoms with Crippen LogP contribution < -0.4 is 0 Å². The van der Waals surface area contributed by atoms with E-state index >= 15 is 0 Å². The number of hydrogen-bond donors (Lipinski definition) is 1. The van der Waals surface area contributed by atoms with Gasteiger partial charge >= 0.3 is 5.97 Å². The van der Waals surface area contributed by atoms with E-state index in [1.807, 2.05) is 6.07 Å². The molecule has 134 valence electrons. The molecule has 0 spiro atoms. The Hall–Kier alpha value is -1.72. The first-order chi connectivity index (χ1) is 11.9. The molecule has 4 nitrogen and oxygen atoms in total. The van der Waals surface area contributed by atoms with Crippen LogP contribution in [-0.2, 0) is 24.2 Å². The second kappa shape index (κ2) is 7.67. The molecule has 5 heteroatoms. The normalized spacial score (nSPS) is 20.0. The Morgan fingerprint density at radius 1 is 1.32 bits per heavy atom. The van der Waals surface area contributed by atoms with E-state index in [1.165, 1.54) is 5.56 Å². The summed E-state index contributed by atoms with van der Waals surface area (Å²) in [6.07, 6.45) is 3.11. The molecule has 25 heavy (non-hydrogen) atoms. The lowest BCUT2D eigenvalue weighted by molar-refractivity contribution is -0.138. The number of likely N-dealkylation sites (tertiary alicyclic amines) is 1. The van der Waals surface area contributed by atoms with Crippen LogP contribution in [0.1, 0.15) is 43.0 Å². The van der Waals surface area contributed by atoms with Crippen molar-refractivity contribution >= 4 is 17.3 Å². The van der Waals surface area contributed by atoms with E-state index < -0.39 is 5.97 Å². The van der Waals surface area contributed by atoms with Gasteiger partial charge in [-0.1, -0.05) is 44.2 Å². The second-order valence-corrected chi connectivity index (χ2v) is 8.69. The van der Waals surface area contributed by atoms with Gasteiger partial charge in [0.15, 0.2) is 0 Å². The third kappa shape index (κ3) is 5.13. The molecule has 1 aliphatic heterocycles. The molecule has 1 fully saturated rings. The molecule has 1 aromatic carbocycles. The maximum atomic E-state index is 11.1. The molecule has 1 aliphatic rings. The molecule has 0 amide bonds. The fourth-order valence-corrected chi connectivity index (χ4v) is 4.53. The molecule has 1 saturated heterocycles. The SMILES string of the molecule is CC1(C)CC(CC(=O)O)N(Cc2csc(CCc3ccccc3)n2)C1. The van der Waals surface area contributed by atoms with Gasteiger partial charge in [0, 0.05) is 30.9 Å². The average molecular weight is 359 g/mol. The largest absolute Gasteiger partial charge is 0.481 e. The van der Waals surface area contributed by atoms with Gasteiger partial charge in [0.2, 0.25) is 0 Å². The number of aromatic nitrogens is 1. The first kappa shape index (κ1) is 18.1. The number of carbonyl (C=O) groups is 1. The smallest absolute Gasteiger partial charge is 0.304 e. The third-order valence-electron chi connectivity index (χ3n) is 4.78. The lowest BCUT2D eigenvalue weighted by Crippen LogP contribution is -2.31. The zero-order valence-corrected chi connectivity index (χ0v) is 15.8. The van der Waals surface area contributed by atoms with Gasteiger partial charge in [-0.2, -0.15) is 0 Å². The Labute approximate surface area is 153 Å². The van der Waals surface area contributed by atoms with Crippen LogP contribution in [0.2, 0.25) is 0 Å². The maximum absolute atomic E-state index is 11.1. The van der Waals surface area contributed by atoms with Gasteiger partial charge in [-0.25, -0.2) is 4.98 Å². The number of nitrogens with zero attached hydrogens (tertiary/aromatic N) is 2. The number of hydrogen-bond acceptors (Lipinski definition) is 4. The number of aryl methyl sites for hydroxylation is 2. The van der Waals surface area contributed by atoms with Crippen molar-refractivity contribution in [1.82, 2.24) is 9.88 Å². The van der Waals surface area contributed by atoms with Gasteiger partial charge < -0.3 is 5.11 Å². The van der Waals surface area contributed by atoms with Crippen LogP contribution in [0.3, 0.4) is 0 Å². The minimum absolute atomic E-state index is 0.113. The summed E-state index contributed by atoms with van der Waals surface area (Å²) in [6.45, 7) is 6.12. The summed E-state index contributed by atoms with van der Waals surface area (Å²) in [5.41, 5.74) is 2.58. The molecule has 3 rings (SSSR count). The summed E-state index contributed by atoms with van der Waals surface area (Å²) < 4.78 is 0. The Kier molecular flexibility index (Phi) is 5.54. The summed E-state index contributed by atoms with van der Waals surface area (Å²) in [6, 6.07) is 10.6. The van der Waals surface area contributed by atoms with Crippen LogP contribution >= 0.6 is 11.3 Å². The lowest BCUT2D eigenvalue weighted by Gasteiger charge is -2.22. The maximum Gasteiger partial charge on any atom is 0.304 e. The van der Waals surface area contributed by atoms with E-state index in [1.54, 1.807) is 11.3 Å². The van der Waals surface area contributed by atoms with E-state index in [-0.39, 0.29) is 17.9 Å². The van der Waals surface area contributed by atoms with Crippen LogP contribution in [0.5, 0.6) is 0 Å². The van der Waals surface area contributed by atoms with Crippen LogP contribution in [0.15, 0.2) is 35.7 Å². The molecule has 0 bridgehead atoms. The standard InChI is InChI=1S/C20H26N2O2S/c1-20(2)11-17(10-19(23)24)22(14-20)12-16-13-25-18(21-16)9-8-15-6-4-3-5-7-15/h3-7,13,17H,8-12,14H2,1-2H3,(H,23,24). The Balaban J connectivity index is 1.59. The highest BCUT2D eigenvalue weighted by Crippen LogP contribution is 2.36. The summed E-state index contributed by atoms with van der Waals surface area (Å²) >= 11 is 1.71. The monoisotopic (exact) mass is 358 g/mol. The van der Waals surface area contributed by atoms with Crippen molar-refractivity contribution in [3.8, 4) is 0 Å². The van der Waals surface area contributed by atoms with Gasteiger partial charge in [0.25, 0.3) is 0 Å². The van der Waals surface area contributed by atoms with Gasteiger partial charge in [-0.3, -0.25) is 9.69 Å². The van der Waals surface area contributed by atoms with Gasteiger partial charge in [0.1, 0.15) is 0 Å². The first-order valence-electron chi connectivity index (χ1n) is 8.84. The predicted octanol–water partition coefficient (Wildman–Crippen LogP) is 4.00. The minimum Gasteiger partial charge on any atom is -0.481 e. The number of rotatable bonds is 7.